The minimum Gasteiger partial charge on any atom is -0.469 e. The van der Waals surface area contributed by atoms with Gasteiger partial charge in [-0.25, -0.2) is 9.97 Å². The Bertz CT molecular complexity index is 861. The molecule has 4 rings (SSSR count). The Morgan fingerprint density at radius 2 is 2.07 bits per heavy atom. The van der Waals surface area contributed by atoms with Crippen molar-refractivity contribution >= 4 is 11.9 Å². The number of furan rings is 1. The summed E-state index contributed by atoms with van der Waals surface area (Å²) in [4.78, 5) is 23.1. The van der Waals surface area contributed by atoms with Crippen LogP contribution in [0.4, 0.5) is 5.95 Å². The number of nitrogens with one attached hydrogen (secondary N) is 1. The summed E-state index contributed by atoms with van der Waals surface area (Å²) in [5.74, 6) is 1.68. The van der Waals surface area contributed by atoms with E-state index in [4.69, 9.17) is 4.42 Å². The fraction of sp³-hybridized carbons (Fsp3) is 0.368. The van der Waals surface area contributed by atoms with Crippen LogP contribution >= 0.6 is 0 Å². The van der Waals surface area contributed by atoms with E-state index < -0.39 is 0 Å². The van der Waals surface area contributed by atoms with E-state index in [1.807, 2.05) is 21.7 Å². The molecule has 1 atom stereocenters. The van der Waals surface area contributed by atoms with Gasteiger partial charge in [-0.15, -0.1) is 0 Å². The third-order valence-corrected chi connectivity index (χ3v) is 4.73. The largest absolute Gasteiger partial charge is 0.469 e. The predicted octanol–water partition coefficient (Wildman–Crippen LogP) is 1.97. The highest BCUT2D eigenvalue weighted by atomic mass is 16.3. The van der Waals surface area contributed by atoms with Crippen LogP contribution in [-0.2, 0) is 24.3 Å². The number of fused-ring (bicyclic) bond motifs is 1. The molecule has 3 aromatic rings. The molecule has 8 nitrogen and oxygen atoms in total. The minimum absolute atomic E-state index is 0.0731. The number of amides is 1. The average Bonchev–Trinajstić information content (AvgIpc) is 3.31. The van der Waals surface area contributed by atoms with Gasteiger partial charge in [-0.1, -0.05) is 0 Å². The Balaban J connectivity index is 1.41. The summed E-state index contributed by atoms with van der Waals surface area (Å²) in [6, 6.07) is 7.41. The maximum Gasteiger partial charge on any atom is 0.230 e. The zero-order valence-corrected chi connectivity index (χ0v) is 15.0. The third-order valence-electron chi connectivity index (χ3n) is 4.73. The quantitative estimate of drug-likeness (QED) is 0.717. The number of rotatable bonds is 6. The first-order valence-corrected chi connectivity index (χ1v) is 9.09. The van der Waals surface area contributed by atoms with Crippen LogP contribution in [0.5, 0.6) is 0 Å². The highest BCUT2D eigenvalue weighted by Crippen LogP contribution is 2.19. The first-order chi connectivity index (χ1) is 13.3. The van der Waals surface area contributed by atoms with E-state index in [1.54, 1.807) is 37.0 Å². The molecule has 0 radical (unpaired) electrons. The molecule has 1 aliphatic heterocycles. The molecule has 0 aliphatic carbocycles. The van der Waals surface area contributed by atoms with Crippen molar-refractivity contribution in [2.45, 2.75) is 25.9 Å². The van der Waals surface area contributed by atoms with Crippen LogP contribution in [0, 0.1) is 5.92 Å². The molecule has 1 amide bonds. The molecule has 0 saturated carbocycles. The monoisotopic (exact) mass is 366 g/mol. The van der Waals surface area contributed by atoms with Crippen molar-refractivity contribution in [2.24, 2.45) is 5.92 Å². The second kappa shape index (κ2) is 8.03. The van der Waals surface area contributed by atoms with Crippen LogP contribution in [0.2, 0.25) is 0 Å². The van der Waals surface area contributed by atoms with Crippen LogP contribution in [0.3, 0.4) is 0 Å². The molecule has 8 heteroatoms. The van der Waals surface area contributed by atoms with Crippen molar-refractivity contribution in [2.75, 3.05) is 18.4 Å². The lowest BCUT2D eigenvalue weighted by atomic mass is 10.0. The molecule has 0 unspecified atom stereocenters. The van der Waals surface area contributed by atoms with Crippen LogP contribution in [0.1, 0.15) is 17.9 Å². The molecule has 0 aromatic carbocycles. The number of carbonyl (C=O) groups excluding carboxylic acids is 1. The molecule has 27 heavy (non-hydrogen) atoms. The van der Waals surface area contributed by atoms with Crippen molar-refractivity contribution < 1.29 is 9.21 Å². The number of anilines is 1. The summed E-state index contributed by atoms with van der Waals surface area (Å²) < 4.78 is 7.34. The SMILES string of the molecule is O=C(Cc1ccco1)N1Cc2ccnn2C[C@H](CCNc2ncccn2)C1. The first kappa shape index (κ1) is 17.3. The first-order valence-electron chi connectivity index (χ1n) is 9.09. The van der Waals surface area contributed by atoms with Crippen molar-refractivity contribution in [1.82, 2.24) is 24.6 Å². The molecule has 0 spiro atoms. The number of hydrogen-bond acceptors (Lipinski definition) is 6. The van der Waals surface area contributed by atoms with Gasteiger partial charge in [0.1, 0.15) is 5.76 Å². The van der Waals surface area contributed by atoms with Gasteiger partial charge in [-0.2, -0.15) is 5.10 Å². The van der Waals surface area contributed by atoms with Gasteiger partial charge >= 0.3 is 0 Å². The average molecular weight is 366 g/mol. The second-order valence-electron chi connectivity index (χ2n) is 6.69. The van der Waals surface area contributed by atoms with Gasteiger partial charge in [0.2, 0.25) is 11.9 Å². The van der Waals surface area contributed by atoms with E-state index in [0.717, 1.165) is 25.2 Å². The summed E-state index contributed by atoms with van der Waals surface area (Å²) in [6.45, 7) is 2.81. The number of carbonyl (C=O) groups is 1. The molecule has 0 fully saturated rings. The van der Waals surface area contributed by atoms with Gasteiger partial charge in [0.15, 0.2) is 0 Å². The molecule has 1 aliphatic rings. The van der Waals surface area contributed by atoms with Crippen LogP contribution in [0.25, 0.3) is 0 Å². The van der Waals surface area contributed by atoms with Gasteiger partial charge in [0.25, 0.3) is 0 Å². The van der Waals surface area contributed by atoms with Crippen molar-refractivity contribution in [3.63, 3.8) is 0 Å². The van der Waals surface area contributed by atoms with Gasteiger partial charge in [0, 0.05) is 38.2 Å². The number of nitrogens with zero attached hydrogens (tertiary/aromatic N) is 5. The zero-order valence-electron chi connectivity index (χ0n) is 15.0. The van der Waals surface area contributed by atoms with E-state index >= 15 is 0 Å². The Morgan fingerprint density at radius 1 is 1.19 bits per heavy atom. The molecule has 1 N–H and O–H groups in total. The number of hydrogen-bond donors (Lipinski definition) is 1. The van der Waals surface area contributed by atoms with E-state index in [-0.39, 0.29) is 12.3 Å². The lowest BCUT2D eigenvalue weighted by Crippen LogP contribution is -2.35. The molecular weight excluding hydrogens is 344 g/mol. The maximum atomic E-state index is 12.8. The van der Waals surface area contributed by atoms with Crippen LogP contribution in [-0.4, -0.2) is 43.6 Å². The maximum absolute atomic E-state index is 12.8. The second-order valence-corrected chi connectivity index (χ2v) is 6.69. The van der Waals surface area contributed by atoms with Crippen LogP contribution in [0.15, 0.2) is 53.5 Å². The third kappa shape index (κ3) is 4.33. The highest BCUT2D eigenvalue weighted by molar-refractivity contribution is 5.78. The van der Waals surface area contributed by atoms with E-state index in [9.17, 15) is 4.79 Å². The Kier molecular flexibility index (Phi) is 5.13. The summed E-state index contributed by atoms with van der Waals surface area (Å²) in [7, 11) is 0. The minimum atomic E-state index is 0.0731. The standard InChI is InChI=1S/C19H22N6O2/c26-18(11-17-3-1-10-27-17)24-12-15(13-25-16(14-24)5-9-23-25)4-8-22-19-20-6-2-7-21-19/h1-3,5-7,9-10,15H,4,8,11-14H2,(H,20,21,22)/t15-/m1/s1. The predicted molar refractivity (Wildman–Crippen MR) is 98.7 cm³/mol. The Hall–Kier alpha value is -3.16. The van der Waals surface area contributed by atoms with E-state index in [1.165, 1.54) is 0 Å². The summed E-state index contributed by atoms with van der Waals surface area (Å²) >= 11 is 0. The molecule has 4 heterocycles. The van der Waals surface area contributed by atoms with Crippen molar-refractivity contribution in [3.05, 3.63) is 60.6 Å². The van der Waals surface area contributed by atoms with E-state index in [0.29, 0.717) is 30.7 Å². The van der Waals surface area contributed by atoms with Crippen molar-refractivity contribution in [1.29, 1.82) is 0 Å². The lowest BCUT2D eigenvalue weighted by molar-refractivity contribution is -0.131. The smallest absolute Gasteiger partial charge is 0.230 e. The van der Waals surface area contributed by atoms with Crippen molar-refractivity contribution in [3.8, 4) is 0 Å². The van der Waals surface area contributed by atoms with E-state index in [2.05, 4.69) is 20.4 Å². The fourth-order valence-corrected chi connectivity index (χ4v) is 3.36. The normalized spacial score (nSPS) is 16.6. The van der Waals surface area contributed by atoms with Gasteiger partial charge < -0.3 is 14.6 Å². The number of aromatic nitrogens is 4. The van der Waals surface area contributed by atoms with Crippen LogP contribution < -0.4 is 5.32 Å². The Labute approximate surface area is 157 Å². The summed E-state index contributed by atoms with van der Waals surface area (Å²) in [5.41, 5.74) is 1.06. The fourth-order valence-electron chi connectivity index (χ4n) is 3.36. The summed E-state index contributed by atoms with van der Waals surface area (Å²) in [5, 5.41) is 7.66. The molecule has 3 aromatic heterocycles. The molecule has 0 bridgehead atoms. The highest BCUT2D eigenvalue weighted by Gasteiger charge is 2.25. The molecule has 0 saturated heterocycles. The summed E-state index contributed by atoms with van der Waals surface area (Å²) in [6.07, 6.45) is 7.99. The van der Waals surface area contributed by atoms with Gasteiger partial charge in [-0.05, 0) is 36.6 Å². The zero-order chi connectivity index (χ0) is 18.5. The van der Waals surface area contributed by atoms with Gasteiger partial charge in [0.05, 0.1) is 24.9 Å². The Morgan fingerprint density at radius 3 is 2.89 bits per heavy atom. The topological polar surface area (TPSA) is 89.1 Å². The van der Waals surface area contributed by atoms with Gasteiger partial charge in [-0.3, -0.25) is 9.48 Å². The molecular formula is C19H22N6O2. The lowest BCUT2D eigenvalue weighted by Gasteiger charge is -2.24. The molecule has 140 valence electrons.